The SMILES string of the molecule is CCSc1ccc(O[Si](C)(C)C)o1. The van der Waals surface area contributed by atoms with Gasteiger partial charge in [0.25, 0.3) is 5.95 Å². The van der Waals surface area contributed by atoms with Crippen molar-refractivity contribution in [1.29, 1.82) is 0 Å². The third-order valence-electron chi connectivity index (χ3n) is 1.25. The molecule has 74 valence electrons. The van der Waals surface area contributed by atoms with E-state index in [9.17, 15) is 0 Å². The Hall–Kier alpha value is -0.353. The van der Waals surface area contributed by atoms with Crippen LogP contribution >= 0.6 is 11.8 Å². The molecule has 1 aromatic heterocycles. The highest BCUT2D eigenvalue weighted by Crippen LogP contribution is 2.26. The van der Waals surface area contributed by atoms with E-state index in [4.69, 9.17) is 8.84 Å². The van der Waals surface area contributed by atoms with Gasteiger partial charge in [-0.15, -0.1) is 0 Å². The molecule has 0 radical (unpaired) electrons. The fourth-order valence-electron chi connectivity index (χ4n) is 0.880. The topological polar surface area (TPSA) is 22.4 Å². The highest BCUT2D eigenvalue weighted by Gasteiger charge is 2.18. The summed E-state index contributed by atoms with van der Waals surface area (Å²) in [5, 5.41) is 0.941. The number of hydrogen-bond donors (Lipinski definition) is 0. The van der Waals surface area contributed by atoms with Crippen LogP contribution in [0.5, 0.6) is 5.95 Å². The third-order valence-corrected chi connectivity index (χ3v) is 2.86. The lowest BCUT2D eigenvalue weighted by molar-refractivity contribution is 0.346. The number of rotatable bonds is 4. The second-order valence-electron chi connectivity index (χ2n) is 3.72. The molecule has 0 atom stereocenters. The second-order valence-corrected chi connectivity index (χ2v) is 9.42. The molecule has 0 unspecified atom stereocenters. The molecule has 0 aliphatic heterocycles. The molecule has 0 aliphatic rings. The molecule has 0 saturated carbocycles. The molecule has 0 N–H and O–H groups in total. The number of furan rings is 1. The summed E-state index contributed by atoms with van der Waals surface area (Å²) >= 11 is 1.69. The number of hydrogen-bond acceptors (Lipinski definition) is 3. The molecule has 1 aromatic rings. The first-order valence-electron chi connectivity index (χ1n) is 4.43. The van der Waals surface area contributed by atoms with E-state index in [1.54, 1.807) is 11.8 Å². The van der Waals surface area contributed by atoms with E-state index in [0.29, 0.717) is 5.95 Å². The molecule has 1 rings (SSSR count). The van der Waals surface area contributed by atoms with E-state index < -0.39 is 8.32 Å². The normalized spacial score (nSPS) is 11.7. The molecule has 13 heavy (non-hydrogen) atoms. The zero-order valence-corrected chi connectivity index (χ0v) is 10.4. The van der Waals surface area contributed by atoms with Crippen LogP contribution in [0.3, 0.4) is 0 Å². The van der Waals surface area contributed by atoms with Gasteiger partial charge in [-0.2, -0.15) is 0 Å². The van der Waals surface area contributed by atoms with Crippen LogP contribution < -0.4 is 4.43 Å². The van der Waals surface area contributed by atoms with Crippen molar-refractivity contribution in [2.45, 2.75) is 31.7 Å². The van der Waals surface area contributed by atoms with Gasteiger partial charge in [-0.05, 0) is 31.5 Å². The van der Waals surface area contributed by atoms with Crippen LogP contribution in [0.2, 0.25) is 19.6 Å². The first kappa shape index (κ1) is 10.7. The number of thioether (sulfide) groups is 1. The molecule has 0 aliphatic carbocycles. The van der Waals surface area contributed by atoms with Crippen LogP contribution in [0.4, 0.5) is 0 Å². The fourth-order valence-corrected chi connectivity index (χ4v) is 2.18. The van der Waals surface area contributed by atoms with Gasteiger partial charge in [0.1, 0.15) is 0 Å². The summed E-state index contributed by atoms with van der Waals surface area (Å²) < 4.78 is 11.2. The maximum absolute atomic E-state index is 5.69. The molecule has 0 fully saturated rings. The summed E-state index contributed by atoms with van der Waals surface area (Å²) in [5.41, 5.74) is 0. The first-order chi connectivity index (χ1) is 6.01. The van der Waals surface area contributed by atoms with Crippen LogP contribution in [0.25, 0.3) is 0 Å². The first-order valence-corrected chi connectivity index (χ1v) is 8.82. The Morgan fingerprint density at radius 2 is 2.08 bits per heavy atom. The second kappa shape index (κ2) is 4.24. The van der Waals surface area contributed by atoms with Gasteiger partial charge in [0.15, 0.2) is 5.09 Å². The summed E-state index contributed by atoms with van der Waals surface area (Å²) in [6.45, 7) is 8.53. The molecule has 0 spiro atoms. The zero-order valence-electron chi connectivity index (χ0n) is 8.59. The van der Waals surface area contributed by atoms with Gasteiger partial charge in [-0.3, -0.25) is 0 Å². The van der Waals surface area contributed by atoms with E-state index in [2.05, 4.69) is 26.6 Å². The van der Waals surface area contributed by atoms with Gasteiger partial charge in [-0.1, -0.05) is 18.7 Å². The minimum atomic E-state index is -1.51. The van der Waals surface area contributed by atoms with Crippen molar-refractivity contribution in [3.63, 3.8) is 0 Å². The van der Waals surface area contributed by atoms with Crippen molar-refractivity contribution >= 4 is 20.1 Å². The fraction of sp³-hybridized carbons (Fsp3) is 0.556. The van der Waals surface area contributed by atoms with E-state index in [1.807, 2.05) is 12.1 Å². The molecule has 2 nitrogen and oxygen atoms in total. The van der Waals surface area contributed by atoms with Crippen LogP contribution in [0.15, 0.2) is 21.6 Å². The lowest BCUT2D eigenvalue weighted by Crippen LogP contribution is -2.28. The molecule has 0 bridgehead atoms. The average molecular weight is 216 g/mol. The zero-order chi connectivity index (χ0) is 9.90. The Morgan fingerprint density at radius 3 is 2.62 bits per heavy atom. The Bertz CT molecular complexity index is 265. The van der Waals surface area contributed by atoms with Gasteiger partial charge in [-0.25, -0.2) is 0 Å². The van der Waals surface area contributed by atoms with E-state index in [1.165, 1.54) is 0 Å². The summed E-state index contributed by atoms with van der Waals surface area (Å²) in [7, 11) is -1.51. The predicted molar refractivity (Wildman–Crippen MR) is 59.1 cm³/mol. The average Bonchev–Trinajstić information content (AvgIpc) is 2.33. The van der Waals surface area contributed by atoms with Gasteiger partial charge in [0.05, 0.1) is 0 Å². The lowest BCUT2D eigenvalue weighted by Gasteiger charge is -2.15. The molecule has 0 amide bonds. The standard InChI is InChI=1S/C9H16O2SSi/c1-5-12-9-7-6-8(10-9)11-13(2,3)4/h6-7H,5H2,1-4H3. The van der Waals surface area contributed by atoms with Gasteiger partial charge in [0, 0.05) is 6.07 Å². The molecule has 0 aromatic carbocycles. The highest BCUT2D eigenvalue weighted by atomic mass is 32.2. The van der Waals surface area contributed by atoms with E-state index in [-0.39, 0.29) is 0 Å². The van der Waals surface area contributed by atoms with Gasteiger partial charge in [0.2, 0.25) is 8.32 Å². The lowest BCUT2D eigenvalue weighted by atomic mass is 10.7. The van der Waals surface area contributed by atoms with Crippen LogP contribution in [0.1, 0.15) is 6.92 Å². The van der Waals surface area contributed by atoms with Crippen LogP contribution in [-0.2, 0) is 0 Å². The van der Waals surface area contributed by atoms with Crippen molar-refractivity contribution in [2.24, 2.45) is 0 Å². The van der Waals surface area contributed by atoms with Crippen LogP contribution in [0, 0.1) is 0 Å². The minimum absolute atomic E-state index is 0.662. The predicted octanol–water partition coefficient (Wildman–Crippen LogP) is 3.61. The summed E-state index contributed by atoms with van der Waals surface area (Å²) in [6, 6.07) is 3.86. The Morgan fingerprint density at radius 1 is 1.38 bits per heavy atom. The molecular weight excluding hydrogens is 200 g/mol. The summed E-state index contributed by atoms with van der Waals surface area (Å²) in [6.07, 6.45) is 0. The minimum Gasteiger partial charge on any atom is -0.519 e. The molecular formula is C9H16O2SSi. The Kier molecular flexibility index (Phi) is 3.50. The van der Waals surface area contributed by atoms with Crippen molar-refractivity contribution in [3.05, 3.63) is 12.1 Å². The summed E-state index contributed by atoms with van der Waals surface area (Å²) in [4.78, 5) is 0. The maximum Gasteiger partial charge on any atom is 0.271 e. The quantitative estimate of drug-likeness (QED) is 0.567. The van der Waals surface area contributed by atoms with Crippen LogP contribution in [-0.4, -0.2) is 14.1 Å². The monoisotopic (exact) mass is 216 g/mol. The van der Waals surface area contributed by atoms with Gasteiger partial charge < -0.3 is 8.84 Å². The Labute approximate surface area is 84.8 Å². The molecule has 0 saturated heterocycles. The van der Waals surface area contributed by atoms with Crippen molar-refractivity contribution < 1.29 is 8.84 Å². The Balaban J connectivity index is 2.59. The maximum atomic E-state index is 5.69. The van der Waals surface area contributed by atoms with Crippen molar-refractivity contribution in [1.82, 2.24) is 0 Å². The largest absolute Gasteiger partial charge is 0.519 e. The smallest absolute Gasteiger partial charge is 0.271 e. The molecule has 1 heterocycles. The molecule has 4 heteroatoms. The highest BCUT2D eigenvalue weighted by molar-refractivity contribution is 7.99. The summed E-state index contributed by atoms with van der Waals surface area (Å²) in [5.74, 6) is 1.69. The van der Waals surface area contributed by atoms with Crippen molar-refractivity contribution in [3.8, 4) is 5.95 Å². The van der Waals surface area contributed by atoms with Gasteiger partial charge >= 0.3 is 0 Å². The van der Waals surface area contributed by atoms with Crippen molar-refractivity contribution in [2.75, 3.05) is 5.75 Å². The third kappa shape index (κ3) is 3.91. The van der Waals surface area contributed by atoms with E-state index in [0.717, 1.165) is 10.8 Å². The van der Waals surface area contributed by atoms with E-state index >= 15 is 0 Å².